The van der Waals surface area contributed by atoms with E-state index in [2.05, 4.69) is 34.1 Å². The number of benzene rings is 1. The van der Waals surface area contributed by atoms with Crippen LogP contribution in [0.2, 0.25) is 0 Å². The highest BCUT2D eigenvalue weighted by Crippen LogP contribution is 2.49. The maximum absolute atomic E-state index is 13.7. The number of amides is 1. The third-order valence-electron chi connectivity index (χ3n) is 7.72. The number of halogens is 3. The number of carbonyl (C=O) groups is 1. The van der Waals surface area contributed by atoms with E-state index in [-0.39, 0.29) is 17.5 Å². The first-order valence-electron chi connectivity index (χ1n) is 12.7. The minimum atomic E-state index is -4.59. The summed E-state index contributed by atoms with van der Waals surface area (Å²) >= 11 is 0. The van der Waals surface area contributed by atoms with Crippen molar-refractivity contribution in [1.29, 1.82) is 0 Å². The van der Waals surface area contributed by atoms with Gasteiger partial charge in [0, 0.05) is 41.5 Å². The van der Waals surface area contributed by atoms with Crippen molar-refractivity contribution < 1.29 is 18.0 Å². The molecule has 2 heterocycles. The first-order valence-corrected chi connectivity index (χ1v) is 12.7. The molecule has 1 saturated heterocycles. The summed E-state index contributed by atoms with van der Waals surface area (Å²) < 4.78 is 41.0. The van der Waals surface area contributed by atoms with Crippen molar-refractivity contribution >= 4 is 34.0 Å². The molecule has 1 amide bonds. The van der Waals surface area contributed by atoms with E-state index in [0.29, 0.717) is 34.5 Å². The van der Waals surface area contributed by atoms with Gasteiger partial charge in [0.2, 0.25) is 5.91 Å². The Bertz CT molecular complexity index is 1200. The maximum atomic E-state index is 13.7. The number of anilines is 1. The Hall–Kier alpha value is -2.87. The van der Waals surface area contributed by atoms with Gasteiger partial charge in [-0.2, -0.15) is 13.2 Å². The summed E-state index contributed by atoms with van der Waals surface area (Å²) in [5, 5.41) is 7.55. The number of nitrogens with one attached hydrogen (secondary N) is 2. The fraction of sp³-hybridized carbons (Fsp3) is 0.500. The molecule has 192 valence electrons. The SMILES string of the molecule is C=C(c1nc(/C=C/CNC(=O)C2CC2)cc2c(NC3CC4(CCCN(C)C4)C3)cccc12)C(F)(F)F. The standard InChI is InChI=1S/C28H33F3N4O/c1-18(28(29,30)31)25-22-7-3-8-24(33-21-15-27(16-21)11-5-13-35(2)17-27)23(22)14-20(34-25)6-4-12-32-26(36)19-9-10-19/h3-4,6-8,14,19,21,33H,1,5,9-13,15-17H2,2H3,(H,32,36)/b6-4+. The summed E-state index contributed by atoms with van der Waals surface area (Å²) in [5.74, 6) is 0.123. The fourth-order valence-electron chi connectivity index (χ4n) is 5.80. The molecule has 0 unspecified atom stereocenters. The molecule has 1 spiro atoms. The quantitative estimate of drug-likeness (QED) is 0.519. The summed E-state index contributed by atoms with van der Waals surface area (Å²) in [6.45, 7) is 5.88. The van der Waals surface area contributed by atoms with Gasteiger partial charge < -0.3 is 15.5 Å². The molecule has 1 aromatic heterocycles. The Kier molecular flexibility index (Phi) is 6.57. The van der Waals surface area contributed by atoms with Gasteiger partial charge in [-0.15, -0.1) is 0 Å². The zero-order chi connectivity index (χ0) is 25.5. The van der Waals surface area contributed by atoms with Crippen molar-refractivity contribution in [2.75, 3.05) is 32.0 Å². The molecule has 36 heavy (non-hydrogen) atoms. The van der Waals surface area contributed by atoms with E-state index < -0.39 is 11.7 Å². The minimum absolute atomic E-state index is 0.0196. The predicted octanol–water partition coefficient (Wildman–Crippen LogP) is 5.64. The highest BCUT2D eigenvalue weighted by atomic mass is 19.4. The monoisotopic (exact) mass is 498 g/mol. The molecule has 5 rings (SSSR count). The lowest BCUT2D eigenvalue weighted by molar-refractivity contribution is -0.122. The molecule has 1 aromatic carbocycles. The fourth-order valence-corrected chi connectivity index (χ4v) is 5.80. The average Bonchev–Trinajstić information content (AvgIpc) is 3.65. The zero-order valence-corrected chi connectivity index (χ0v) is 20.6. The molecule has 1 aliphatic heterocycles. The van der Waals surface area contributed by atoms with E-state index in [4.69, 9.17) is 0 Å². The lowest BCUT2D eigenvalue weighted by Gasteiger charge is -2.52. The Morgan fingerprint density at radius 1 is 1.28 bits per heavy atom. The first kappa shape index (κ1) is 24.8. The molecule has 0 atom stereocenters. The lowest BCUT2D eigenvalue weighted by Crippen LogP contribution is -2.53. The van der Waals surface area contributed by atoms with Crippen LogP contribution in [0.3, 0.4) is 0 Å². The van der Waals surface area contributed by atoms with Crippen molar-refractivity contribution in [2.24, 2.45) is 11.3 Å². The second-order valence-corrected chi connectivity index (χ2v) is 10.8. The van der Waals surface area contributed by atoms with Crippen LogP contribution in [0.5, 0.6) is 0 Å². The van der Waals surface area contributed by atoms with E-state index in [1.54, 1.807) is 24.3 Å². The van der Waals surface area contributed by atoms with E-state index in [0.717, 1.165) is 44.5 Å². The van der Waals surface area contributed by atoms with Gasteiger partial charge in [0.15, 0.2) is 0 Å². The number of carbonyl (C=O) groups excluding carboxylic acids is 1. The maximum Gasteiger partial charge on any atom is 0.417 e. The molecule has 5 nitrogen and oxygen atoms in total. The third-order valence-corrected chi connectivity index (χ3v) is 7.72. The number of fused-ring (bicyclic) bond motifs is 1. The van der Waals surface area contributed by atoms with Crippen LogP contribution < -0.4 is 10.6 Å². The van der Waals surface area contributed by atoms with Crippen LogP contribution in [0.25, 0.3) is 22.4 Å². The van der Waals surface area contributed by atoms with Crippen LogP contribution in [0, 0.1) is 11.3 Å². The topological polar surface area (TPSA) is 57.3 Å². The van der Waals surface area contributed by atoms with Crippen LogP contribution in [0.4, 0.5) is 18.9 Å². The number of piperidine rings is 1. The molecular formula is C28H33F3N4O. The number of hydrogen-bond acceptors (Lipinski definition) is 4. The number of likely N-dealkylation sites (tertiary alicyclic amines) is 1. The van der Waals surface area contributed by atoms with Crippen LogP contribution in [0.15, 0.2) is 36.9 Å². The van der Waals surface area contributed by atoms with Crippen LogP contribution in [0.1, 0.15) is 49.9 Å². The van der Waals surface area contributed by atoms with E-state index >= 15 is 0 Å². The summed E-state index contributed by atoms with van der Waals surface area (Å²) in [6.07, 6.45) is 5.20. The lowest BCUT2D eigenvalue weighted by atomic mass is 9.61. The summed E-state index contributed by atoms with van der Waals surface area (Å²) in [4.78, 5) is 18.6. The molecule has 2 aliphatic carbocycles. The number of alkyl halides is 3. The number of rotatable bonds is 7. The van der Waals surface area contributed by atoms with Crippen molar-refractivity contribution in [3.8, 4) is 0 Å². The number of hydrogen-bond donors (Lipinski definition) is 2. The highest BCUT2D eigenvalue weighted by Gasteiger charge is 2.46. The second kappa shape index (κ2) is 9.54. The van der Waals surface area contributed by atoms with Gasteiger partial charge in [-0.25, -0.2) is 4.98 Å². The summed E-state index contributed by atoms with van der Waals surface area (Å²) in [5.41, 5.74) is 0.438. The minimum Gasteiger partial charge on any atom is -0.382 e. The Labute approximate surface area is 209 Å². The molecule has 2 saturated carbocycles. The Balaban J connectivity index is 1.40. The van der Waals surface area contributed by atoms with Gasteiger partial charge in [0.1, 0.15) is 0 Å². The predicted molar refractivity (Wildman–Crippen MR) is 137 cm³/mol. The van der Waals surface area contributed by atoms with E-state index in [1.165, 1.54) is 12.8 Å². The number of allylic oxidation sites excluding steroid dienone is 1. The van der Waals surface area contributed by atoms with Crippen molar-refractivity contribution in [3.63, 3.8) is 0 Å². The first-order chi connectivity index (χ1) is 17.1. The van der Waals surface area contributed by atoms with E-state index in [1.807, 2.05) is 12.1 Å². The average molecular weight is 499 g/mol. The highest BCUT2D eigenvalue weighted by molar-refractivity contribution is 6.00. The van der Waals surface area contributed by atoms with Crippen molar-refractivity contribution in [1.82, 2.24) is 15.2 Å². The van der Waals surface area contributed by atoms with Gasteiger partial charge in [0.05, 0.1) is 17.0 Å². The van der Waals surface area contributed by atoms with Crippen molar-refractivity contribution in [2.45, 2.75) is 50.7 Å². The number of pyridine rings is 1. The van der Waals surface area contributed by atoms with Gasteiger partial charge >= 0.3 is 6.18 Å². The number of aromatic nitrogens is 1. The Morgan fingerprint density at radius 2 is 2.06 bits per heavy atom. The third kappa shape index (κ3) is 5.28. The van der Waals surface area contributed by atoms with Gasteiger partial charge in [-0.05, 0) is 75.7 Å². The molecule has 2 aromatic rings. The number of nitrogens with zero attached hydrogens (tertiary/aromatic N) is 2. The molecule has 3 aliphatic rings. The normalized spacial score (nSPS) is 24.7. The van der Waals surface area contributed by atoms with E-state index in [9.17, 15) is 18.0 Å². The van der Waals surface area contributed by atoms with Crippen molar-refractivity contribution in [3.05, 3.63) is 48.3 Å². The molecule has 0 radical (unpaired) electrons. The second-order valence-electron chi connectivity index (χ2n) is 10.8. The summed E-state index contributed by atoms with van der Waals surface area (Å²) in [7, 11) is 2.17. The van der Waals surface area contributed by atoms with Gasteiger partial charge in [-0.3, -0.25) is 4.79 Å². The molecular weight excluding hydrogens is 465 g/mol. The van der Waals surface area contributed by atoms with Crippen LogP contribution in [-0.2, 0) is 4.79 Å². The molecule has 0 bridgehead atoms. The van der Waals surface area contributed by atoms with Crippen LogP contribution in [-0.4, -0.2) is 54.7 Å². The van der Waals surface area contributed by atoms with Crippen LogP contribution >= 0.6 is 0 Å². The molecule has 3 fully saturated rings. The summed E-state index contributed by atoms with van der Waals surface area (Å²) in [6, 6.07) is 7.46. The molecule has 8 heteroatoms. The Morgan fingerprint density at radius 3 is 2.75 bits per heavy atom. The van der Waals surface area contributed by atoms with Gasteiger partial charge in [0.25, 0.3) is 0 Å². The molecule has 2 N–H and O–H groups in total. The largest absolute Gasteiger partial charge is 0.417 e. The van der Waals surface area contributed by atoms with Gasteiger partial charge in [-0.1, -0.05) is 24.8 Å². The smallest absolute Gasteiger partial charge is 0.382 e. The zero-order valence-electron chi connectivity index (χ0n) is 20.6.